The van der Waals surface area contributed by atoms with Gasteiger partial charge in [-0.1, -0.05) is 99.1 Å². The number of carbonyl (C=O) groups excluding carboxylic acids is 3. The lowest BCUT2D eigenvalue weighted by Crippen LogP contribution is -2.51. The van der Waals surface area contributed by atoms with Gasteiger partial charge in [0.1, 0.15) is 32.6 Å². The highest BCUT2D eigenvalue weighted by molar-refractivity contribution is 5.86. The highest BCUT2D eigenvalue weighted by Crippen LogP contribution is 2.44. The molecule has 0 radical (unpaired) electrons. The van der Waals surface area contributed by atoms with E-state index in [-0.39, 0.29) is 38.4 Å². The van der Waals surface area contributed by atoms with Crippen molar-refractivity contribution >= 4 is 18.0 Å². The maximum Gasteiger partial charge on any atom is 0.407 e. The van der Waals surface area contributed by atoms with Gasteiger partial charge < -0.3 is 24.8 Å². The average molecular weight is 531 g/mol. The van der Waals surface area contributed by atoms with Gasteiger partial charge >= 0.3 is 12.1 Å². The predicted molar refractivity (Wildman–Crippen MR) is 147 cm³/mol. The van der Waals surface area contributed by atoms with E-state index in [2.05, 4.69) is 22.8 Å². The molecule has 0 bridgehead atoms. The predicted octanol–water partition coefficient (Wildman–Crippen LogP) is 4.77. The number of hydrogen-bond acceptors (Lipinski definition) is 6. The van der Waals surface area contributed by atoms with Crippen LogP contribution in [0.1, 0.15) is 42.9 Å². The second-order valence-corrected chi connectivity index (χ2v) is 9.51. The van der Waals surface area contributed by atoms with Crippen LogP contribution in [0.4, 0.5) is 4.79 Å². The Morgan fingerprint density at radius 2 is 1.46 bits per heavy atom. The Morgan fingerprint density at radius 1 is 0.846 bits per heavy atom. The minimum Gasteiger partial charge on any atom is -0.459 e. The van der Waals surface area contributed by atoms with Crippen molar-refractivity contribution in [2.75, 3.05) is 19.9 Å². The molecule has 4 rings (SSSR count). The van der Waals surface area contributed by atoms with E-state index in [0.29, 0.717) is 6.42 Å². The maximum absolute atomic E-state index is 12.8. The van der Waals surface area contributed by atoms with Crippen LogP contribution in [0, 0.1) is 5.92 Å². The lowest BCUT2D eigenvalue weighted by Gasteiger charge is -2.23. The van der Waals surface area contributed by atoms with Crippen LogP contribution >= 0.6 is 0 Å². The third kappa shape index (κ3) is 7.23. The molecule has 1 aliphatic rings. The zero-order valence-electron chi connectivity index (χ0n) is 22.2. The maximum atomic E-state index is 12.8. The number of rotatable bonds is 12. The molecule has 3 aromatic rings. The van der Waals surface area contributed by atoms with E-state index in [0.717, 1.165) is 27.8 Å². The molecule has 0 heterocycles. The van der Waals surface area contributed by atoms with Gasteiger partial charge in [-0.2, -0.15) is 0 Å². The van der Waals surface area contributed by atoms with Gasteiger partial charge in [-0.3, -0.25) is 4.79 Å². The zero-order valence-corrected chi connectivity index (χ0v) is 22.2. The Kier molecular flexibility index (Phi) is 9.69. The number of fused-ring (bicyclic) bond motifs is 3. The van der Waals surface area contributed by atoms with Gasteiger partial charge in [0.2, 0.25) is 5.91 Å². The van der Waals surface area contributed by atoms with Crippen LogP contribution in [0.3, 0.4) is 0 Å². The molecule has 204 valence electrons. The van der Waals surface area contributed by atoms with Gasteiger partial charge in [-0.05, 0) is 33.7 Å². The lowest BCUT2D eigenvalue weighted by molar-refractivity contribution is -0.151. The molecule has 3 aromatic carbocycles. The normalized spacial score (nSPS) is 13.5. The van der Waals surface area contributed by atoms with E-state index in [1.165, 1.54) is 0 Å². The van der Waals surface area contributed by atoms with Crippen molar-refractivity contribution in [1.82, 2.24) is 10.6 Å². The Balaban J connectivity index is 1.24. The van der Waals surface area contributed by atoms with Gasteiger partial charge in [0.25, 0.3) is 0 Å². The molecular formula is C31H34N2O6. The Hall–Kier alpha value is -4.17. The van der Waals surface area contributed by atoms with E-state index in [1.807, 2.05) is 80.6 Å². The molecule has 2 atom stereocenters. The Bertz CT molecular complexity index is 1230. The summed E-state index contributed by atoms with van der Waals surface area (Å²) >= 11 is 0. The quantitative estimate of drug-likeness (QED) is 0.199. The minimum atomic E-state index is -0.820. The molecule has 0 aliphatic heterocycles. The topological polar surface area (TPSA) is 103 Å². The van der Waals surface area contributed by atoms with E-state index in [9.17, 15) is 14.4 Å². The van der Waals surface area contributed by atoms with Crippen LogP contribution in [0.2, 0.25) is 0 Å². The SMILES string of the molecule is CCC(C)C(NC(=O)OCC1c2ccccc2-c2ccccc21)C(=O)NCOCC(=O)OCc1ccccc1. The first-order valence-corrected chi connectivity index (χ1v) is 13.1. The fourth-order valence-corrected chi connectivity index (χ4v) is 4.62. The first-order valence-electron chi connectivity index (χ1n) is 13.1. The number of carbonyl (C=O) groups is 3. The molecular weight excluding hydrogens is 496 g/mol. The van der Waals surface area contributed by atoms with Crippen molar-refractivity contribution in [3.63, 3.8) is 0 Å². The number of amides is 2. The number of esters is 1. The minimum absolute atomic E-state index is 0.0749. The second-order valence-electron chi connectivity index (χ2n) is 9.51. The van der Waals surface area contributed by atoms with E-state index < -0.39 is 24.0 Å². The van der Waals surface area contributed by atoms with E-state index in [4.69, 9.17) is 14.2 Å². The molecule has 0 saturated heterocycles. The van der Waals surface area contributed by atoms with Gasteiger partial charge in [-0.25, -0.2) is 9.59 Å². The average Bonchev–Trinajstić information content (AvgIpc) is 3.29. The summed E-state index contributed by atoms with van der Waals surface area (Å²) in [5, 5.41) is 5.32. The summed E-state index contributed by atoms with van der Waals surface area (Å²) in [4.78, 5) is 37.5. The summed E-state index contributed by atoms with van der Waals surface area (Å²) in [6.45, 7) is 3.61. The molecule has 39 heavy (non-hydrogen) atoms. The van der Waals surface area contributed by atoms with Gasteiger partial charge in [-0.15, -0.1) is 0 Å². The molecule has 0 fully saturated rings. The Morgan fingerprint density at radius 3 is 2.10 bits per heavy atom. The first-order chi connectivity index (χ1) is 19.0. The molecule has 0 spiro atoms. The summed E-state index contributed by atoms with van der Waals surface area (Å²) in [6, 6.07) is 24.7. The number of hydrogen-bond donors (Lipinski definition) is 2. The molecule has 8 nitrogen and oxygen atoms in total. The van der Waals surface area contributed by atoms with Gasteiger partial charge in [0.15, 0.2) is 0 Å². The first kappa shape index (κ1) is 27.9. The number of nitrogens with one attached hydrogen (secondary N) is 2. The molecule has 0 saturated carbocycles. The zero-order chi connectivity index (χ0) is 27.6. The summed E-state index contributed by atoms with van der Waals surface area (Å²) in [5.74, 6) is -1.19. The molecule has 2 amide bonds. The van der Waals surface area contributed by atoms with E-state index >= 15 is 0 Å². The highest BCUT2D eigenvalue weighted by atomic mass is 16.6. The van der Waals surface area contributed by atoms with Crippen molar-refractivity contribution in [2.24, 2.45) is 5.92 Å². The van der Waals surface area contributed by atoms with Crippen molar-refractivity contribution in [2.45, 2.75) is 38.8 Å². The van der Waals surface area contributed by atoms with Crippen LogP contribution in [0.15, 0.2) is 78.9 Å². The third-order valence-electron chi connectivity index (χ3n) is 6.92. The standard InChI is InChI=1S/C31H34N2O6/c1-3-21(2)29(30(35)32-20-37-19-28(34)38-17-22-11-5-4-6-12-22)33-31(36)39-18-27-25-15-9-7-13-23(25)24-14-8-10-16-26(24)27/h4-16,21,27,29H,3,17-20H2,1-2H3,(H,32,35)(H,33,36). The van der Waals surface area contributed by atoms with Crippen LogP contribution in [0.5, 0.6) is 0 Å². The van der Waals surface area contributed by atoms with Gasteiger partial charge in [0.05, 0.1) is 0 Å². The van der Waals surface area contributed by atoms with Crippen molar-refractivity contribution < 1.29 is 28.6 Å². The summed E-state index contributed by atoms with van der Waals surface area (Å²) in [6.07, 6.45) is -0.00303. The molecule has 1 aliphatic carbocycles. The van der Waals surface area contributed by atoms with Crippen LogP contribution in [-0.2, 0) is 30.4 Å². The van der Waals surface area contributed by atoms with Crippen molar-refractivity contribution in [3.05, 3.63) is 95.6 Å². The summed E-state index contributed by atoms with van der Waals surface area (Å²) < 4.78 is 16.0. The monoisotopic (exact) mass is 530 g/mol. The largest absolute Gasteiger partial charge is 0.459 e. The lowest BCUT2D eigenvalue weighted by atomic mass is 9.98. The number of benzene rings is 3. The smallest absolute Gasteiger partial charge is 0.407 e. The van der Waals surface area contributed by atoms with E-state index in [1.54, 1.807) is 0 Å². The molecule has 2 unspecified atom stereocenters. The summed E-state index contributed by atoms with van der Waals surface area (Å²) in [5.41, 5.74) is 5.38. The summed E-state index contributed by atoms with van der Waals surface area (Å²) in [7, 11) is 0. The molecule has 8 heteroatoms. The molecule has 2 N–H and O–H groups in total. The third-order valence-corrected chi connectivity index (χ3v) is 6.92. The Labute approximate surface area is 228 Å². The van der Waals surface area contributed by atoms with Crippen LogP contribution in [-0.4, -0.2) is 44.0 Å². The fourth-order valence-electron chi connectivity index (χ4n) is 4.62. The van der Waals surface area contributed by atoms with Crippen LogP contribution < -0.4 is 10.6 Å². The van der Waals surface area contributed by atoms with Gasteiger partial charge in [0, 0.05) is 5.92 Å². The fraction of sp³-hybridized carbons (Fsp3) is 0.323. The second kappa shape index (κ2) is 13.6. The van der Waals surface area contributed by atoms with Crippen LogP contribution in [0.25, 0.3) is 11.1 Å². The van der Waals surface area contributed by atoms with Crippen molar-refractivity contribution in [1.29, 1.82) is 0 Å². The molecule has 0 aromatic heterocycles. The van der Waals surface area contributed by atoms with Crippen molar-refractivity contribution in [3.8, 4) is 11.1 Å². The highest BCUT2D eigenvalue weighted by Gasteiger charge is 2.30. The number of ether oxygens (including phenoxy) is 3. The number of alkyl carbamates (subject to hydrolysis) is 1.